The van der Waals surface area contributed by atoms with E-state index in [1.54, 1.807) is 0 Å². The van der Waals surface area contributed by atoms with Crippen LogP contribution in [0.4, 0.5) is 0 Å². The quantitative estimate of drug-likeness (QED) is 0.674. The largest absolute Gasteiger partial charge is 0.804 e. The summed E-state index contributed by atoms with van der Waals surface area (Å²) in [4.78, 5) is 3.75. The molecule has 0 bridgehead atoms. The molecule has 0 unspecified atom stereocenters. The molecule has 0 fully saturated rings. The monoisotopic (exact) mass is 335 g/mol. The van der Waals surface area contributed by atoms with Crippen LogP contribution in [0.3, 0.4) is 0 Å². The van der Waals surface area contributed by atoms with Crippen molar-refractivity contribution in [2.75, 3.05) is 0 Å². The Kier molecular flexibility index (Phi) is 1.96. The Morgan fingerprint density at radius 1 is 1.62 bits per heavy atom. The van der Waals surface area contributed by atoms with E-state index in [4.69, 9.17) is 0 Å². The molecule has 0 aliphatic carbocycles. The molecule has 0 radical (unpaired) electrons. The lowest BCUT2D eigenvalue weighted by molar-refractivity contribution is 0.999. The molecule has 1 aromatic heterocycles. The third-order valence-electron chi connectivity index (χ3n) is 0.639. The molecule has 8 heavy (non-hydrogen) atoms. The normalized spacial score (nSPS) is 9.75. The molecule has 3 nitrogen and oxygen atoms in total. The van der Waals surface area contributed by atoms with Gasteiger partial charge in [0.15, 0.2) is 3.83 Å². The van der Waals surface area contributed by atoms with E-state index in [2.05, 4.69) is 4.98 Å². The Balaban J connectivity index is 3.19. The summed E-state index contributed by atoms with van der Waals surface area (Å²) in [5, 5.41) is 10.6. The highest BCUT2D eigenvalue weighted by Gasteiger charge is 1.92. The number of nitrogens with zero attached hydrogens (tertiary/aromatic N) is 2. The van der Waals surface area contributed by atoms with Gasteiger partial charge in [0, 0.05) is 0 Å². The zero-order valence-corrected chi connectivity index (χ0v) is 7.95. The molecule has 1 rings (SSSR count). The Morgan fingerprint density at radius 2 is 2.25 bits per heavy atom. The Hall–Kier alpha value is 0.470. The van der Waals surface area contributed by atoms with Crippen LogP contribution in [0.2, 0.25) is 0 Å². The molecule has 0 aliphatic rings. The first-order valence-electron chi connectivity index (χ1n) is 1.78. The van der Waals surface area contributed by atoms with E-state index in [-0.39, 0.29) is 0 Å². The molecular weight excluding hydrogens is 334 g/mol. The van der Waals surface area contributed by atoms with Crippen molar-refractivity contribution in [1.82, 2.24) is 9.71 Å². The average Bonchev–Trinajstić information content (AvgIpc) is 1.98. The zero-order chi connectivity index (χ0) is 6.15. The first-order chi connectivity index (χ1) is 3.72. The van der Waals surface area contributed by atoms with Crippen molar-refractivity contribution in [2.24, 2.45) is 0 Å². The maximum atomic E-state index is 10.6. The molecular formula is C3HI2N2O-. The Bertz CT molecular complexity index is 178. The molecule has 44 valence electrons. The second-order valence-corrected chi connectivity index (χ2v) is 3.21. The fraction of sp³-hybridized carbons (Fsp3) is 0. The lowest BCUT2D eigenvalue weighted by Crippen LogP contribution is -1.89. The maximum Gasteiger partial charge on any atom is 0.167 e. The van der Waals surface area contributed by atoms with E-state index < -0.39 is 0 Å². The van der Waals surface area contributed by atoms with Crippen LogP contribution in [-0.2, 0) is 0 Å². The van der Waals surface area contributed by atoms with Crippen LogP contribution in [0.1, 0.15) is 0 Å². The number of hydrogen-bond acceptors (Lipinski definition) is 2. The predicted molar refractivity (Wildman–Crippen MR) is 46.4 cm³/mol. The summed E-state index contributed by atoms with van der Waals surface area (Å²) in [6.45, 7) is 0. The van der Waals surface area contributed by atoms with Crippen LogP contribution >= 0.6 is 45.2 Å². The smallest absolute Gasteiger partial charge is 0.167 e. The summed E-state index contributed by atoms with van der Waals surface area (Å²) < 4.78 is 1.88. The highest BCUT2D eigenvalue weighted by atomic mass is 127. The highest BCUT2D eigenvalue weighted by Crippen LogP contribution is 2.07. The Morgan fingerprint density at radius 3 is 2.38 bits per heavy atom. The molecule has 0 N–H and O–H groups in total. The van der Waals surface area contributed by atoms with Gasteiger partial charge in [-0.15, -0.1) is 0 Å². The van der Waals surface area contributed by atoms with Gasteiger partial charge in [0.25, 0.3) is 0 Å². The topological polar surface area (TPSA) is 40.9 Å². The van der Waals surface area contributed by atoms with Gasteiger partial charge in [-0.05, 0) is 45.2 Å². The second kappa shape index (κ2) is 2.38. The number of aromatic nitrogens is 2. The molecule has 0 spiro atoms. The Labute approximate surface area is 73.3 Å². The van der Waals surface area contributed by atoms with Gasteiger partial charge in [-0.2, -0.15) is 0 Å². The standard InChI is InChI=1S/C3HI2N2O/c4-2-1-6-3(5)7(2)8/h1H/q-1. The molecule has 0 amide bonds. The molecule has 1 aromatic rings. The van der Waals surface area contributed by atoms with Crippen molar-refractivity contribution in [3.63, 3.8) is 0 Å². The number of rotatable bonds is 0. The first kappa shape index (κ1) is 6.59. The van der Waals surface area contributed by atoms with Crippen LogP contribution in [0.25, 0.3) is 0 Å². The number of hydrogen-bond donors (Lipinski definition) is 0. The fourth-order valence-corrected chi connectivity index (χ4v) is 1.53. The van der Waals surface area contributed by atoms with Crippen LogP contribution in [0, 0.1) is 12.7 Å². The molecule has 0 aromatic carbocycles. The van der Waals surface area contributed by atoms with Gasteiger partial charge in [0.05, 0.1) is 9.90 Å². The van der Waals surface area contributed by atoms with Crippen molar-refractivity contribution < 1.29 is 0 Å². The first-order valence-corrected chi connectivity index (χ1v) is 3.94. The van der Waals surface area contributed by atoms with Gasteiger partial charge < -0.3 is 9.94 Å². The van der Waals surface area contributed by atoms with Crippen LogP contribution < -0.4 is 0 Å². The van der Waals surface area contributed by atoms with Gasteiger partial charge in [-0.3, -0.25) is 0 Å². The highest BCUT2D eigenvalue weighted by molar-refractivity contribution is 14.1. The minimum absolute atomic E-state index is 0.479. The van der Waals surface area contributed by atoms with E-state index in [0.29, 0.717) is 7.53 Å². The third-order valence-corrected chi connectivity index (χ3v) is 2.07. The summed E-state index contributed by atoms with van der Waals surface area (Å²) in [5.41, 5.74) is 0. The minimum Gasteiger partial charge on any atom is -0.804 e. The summed E-state index contributed by atoms with van der Waals surface area (Å²) in [6, 6.07) is 0. The van der Waals surface area contributed by atoms with Crippen molar-refractivity contribution >= 4 is 45.2 Å². The van der Waals surface area contributed by atoms with E-state index in [1.165, 1.54) is 6.20 Å². The summed E-state index contributed by atoms with van der Waals surface area (Å²) >= 11 is 3.81. The molecule has 0 aliphatic heterocycles. The molecule has 5 heteroatoms. The van der Waals surface area contributed by atoms with Crippen LogP contribution in [0.5, 0.6) is 0 Å². The number of halogens is 2. The SMILES string of the molecule is [O-]n1c(I)cnc1I. The van der Waals surface area contributed by atoms with E-state index in [9.17, 15) is 5.21 Å². The van der Waals surface area contributed by atoms with Gasteiger partial charge in [0.2, 0.25) is 0 Å². The summed E-state index contributed by atoms with van der Waals surface area (Å²) in [7, 11) is 0. The van der Waals surface area contributed by atoms with Gasteiger partial charge in [-0.1, -0.05) is 0 Å². The van der Waals surface area contributed by atoms with Crippen molar-refractivity contribution in [3.8, 4) is 0 Å². The van der Waals surface area contributed by atoms with Crippen molar-refractivity contribution in [1.29, 1.82) is 0 Å². The van der Waals surface area contributed by atoms with Gasteiger partial charge >= 0.3 is 0 Å². The second-order valence-electron chi connectivity index (χ2n) is 1.14. The molecule has 0 saturated heterocycles. The molecule has 1 heterocycles. The summed E-state index contributed by atoms with van der Waals surface area (Å²) in [5.74, 6) is 0. The van der Waals surface area contributed by atoms with Crippen LogP contribution in [-0.4, -0.2) is 9.71 Å². The third kappa shape index (κ3) is 1.07. The fourth-order valence-electron chi connectivity index (χ4n) is 0.300. The lowest BCUT2D eigenvalue weighted by Gasteiger charge is -2.06. The average molecular weight is 335 g/mol. The summed E-state index contributed by atoms with van der Waals surface area (Å²) in [6.07, 6.45) is 1.54. The minimum atomic E-state index is 0.479. The zero-order valence-electron chi connectivity index (χ0n) is 3.64. The van der Waals surface area contributed by atoms with Crippen molar-refractivity contribution in [3.05, 3.63) is 18.9 Å². The van der Waals surface area contributed by atoms with Crippen LogP contribution in [0.15, 0.2) is 6.20 Å². The predicted octanol–water partition coefficient (Wildman–Crippen LogP) is 1.44. The lowest BCUT2D eigenvalue weighted by atomic mass is 11.0. The van der Waals surface area contributed by atoms with E-state index in [1.807, 2.05) is 45.2 Å². The van der Waals surface area contributed by atoms with Gasteiger partial charge in [0.1, 0.15) is 0 Å². The number of imidazole rings is 1. The van der Waals surface area contributed by atoms with Gasteiger partial charge in [-0.25, -0.2) is 4.98 Å². The molecule has 0 atom stereocenters. The maximum absolute atomic E-state index is 10.6. The van der Waals surface area contributed by atoms with Crippen molar-refractivity contribution in [2.45, 2.75) is 0 Å². The molecule has 0 saturated carbocycles. The van der Waals surface area contributed by atoms with E-state index in [0.717, 1.165) is 4.73 Å². The van der Waals surface area contributed by atoms with E-state index >= 15 is 0 Å².